The highest BCUT2D eigenvalue weighted by Gasteiger charge is 2.27. The van der Waals surface area contributed by atoms with Crippen molar-refractivity contribution >= 4 is 36.3 Å². The maximum absolute atomic E-state index is 12.4. The van der Waals surface area contributed by atoms with Gasteiger partial charge in [-0.2, -0.15) is 12.6 Å². The van der Waals surface area contributed by atoms with Gasteiger partial charge in [0.05, 0.1) is 6.04 Å². The van der Waals surface area contributed by atoms with E-state index in [0.29, 0.717) is 6.42 Å². The normalized spacial score (nSPS) is 14.4. The van der Waals surface area contributed by atoms with E-state index >= 15 is 0 Å². The second-order valence-electron chi connectivity index (χ2n) is 5.83. The molecule has 0 radical (unpaired) electrons. The van der Waals surface area contributed by atoms with Crippen molar-refractivity contribution in [2.24, 2.45) is 11.7 Å². The molecule has 0 aliphatic rings. The molecule has 0 saturated carbocycles. The molecule has 6 N–H and O–H groups in total. The summed E-state index contributed by atoms with van der Waals surface area (Å²) >= 11 is 3.98. The molecule has 0 aromatic carbocycles. The van der Waals surface area contributed by atoms with Gasteiger partial charge in [-0.15, -0.1) is 0 Å². The van der Waals surface area contributed by atoms with Gasteiger partial charge in [-0.1, -0.05) is 13.8 Å². The first-order valence-corrected chi connectivity index (χ1v) is 8.18. The van der Waals surface area contributed by atoms with Crippen LogP contribution in [0.3, 0.4) is 0 Å². The number of carbonyl (C=O) groups excluding carboxylic acids is 3. The third-order valence-corrected chi connectivity index (χ3v) is 3.35. The number of rotatable bonds is 10. The summed E-state index contributed by atoms with van der Waals surface area (Å²) < 4.78 is 0. The summed E-state index contributed by atoms with van der Waals surface area (Å²) in [6.45, 7) is 4.70. The van der Waals surface area contributed by atoms with Crippen molar-refractivity contribution in [3.05, 3.63) is 0 Å². The molecular weight excluding hydrogens is 336 g/mol. The van der Waals surface area contributed by atoms with Crippen molar-refractivity contribution in [3.8, 4) is 0 Å². The fourth-order valence-electron chi connectivity index (χ4n) is 1.76. The lowest BCUT2D eigenvalue weighted by Crippen LogP contribution is -2.56. The molecule has 9 nitrogen and oxygen atoms in total. The minimum absolute atomic E-state index is 0.0210. The Morgan fingerprint density at radius 1 is 1.00 bits per heavy atom. The Labute approximate surface area is 146 Å². The highest BCUT2D eigenvalue weighted by Crippen LogP contribution is 2.06. The number of hydrogen-bond acceptors (Lipinski definition) is 6. The second kappa shape index (κ2) is 10.9. The van der Waals surface area contributed by atoms with E-state index in [4.69, 9.17) is 10.8 Å². The molecule has 3 amide bonds. The van der Waals surface area contributed by atoms with Crippen LogP contribution < -0.4 is 21.7 Å². The largest absolute Gasteiger partial charge is 0.480 e. The molecule has 24 heavy (non-hydrogen) atoms. The van der Waals surface area contributed by atoms with E-state index in [1.165, 1.54) is 6.92 Å². The fraction of sp³-hybridized carbons (Fsp3) is 0.714. The monoisotopic (exact) mass is 362 g/mol. The zero-order chi connectivity index (χ0) is 18.9. The van der Waals surface area contributed by atoms with Crippen LogP contribution >= 0.6 is 12.6 Å². The van der Waals surface area contributed by atoms with Gasteiger partial charge in [0.1, 0.15) is 18.6 Å². The molecule has 138 valence electrons. The number of amides is 3. The Hall–Kier alpha value is -1.81. The molecule has 0 heterocycles. The van der Waals surface area contributed by atoms with Crippen molar-refractivity contribution in [1.29, 1.82) is 0 Å². The summed E-state index contributed by atoms with van der Waals surface area (Å²) in [5, 5.41) is 15.7. The lowest BCUT2D eigenvalue weighted by atomic mass is 10.0. The molecular formula is C14H26N4O5S. The average Bonchev–Trinajstić information content (AvgIpc) is 2.48. The molecule has 0 aliphatic carbocycles. The van der Waals surface area contributed by atoms with Gasteiger partial charge in [0.2, 0.25) is 17.7 Å². The minimum atomic E-state index is -1.20. The summed E-state index contributed by atoms with van der Waals surface area (Å²) in [5.74, 6) is -2.80. The number of aliphatic carboxylic acids is 1. The molecule has 0 spiro atoms. The lowest BCUT2D eigenvalue weighted by Gasteiger charge is -2.24. The van der Waals surface area contributed by atoms with Gasteiger partial charge < -0.3 is 26.8 Å². The van der Waals surface area contributed by atoms with Gasteiger partial charge >= 0.3 is 5.97 Å². The third kappa shape index (κ3) is 8.73. The number of thiol groups is 1. The Bertz CT molecular complexity index is 470. The topological polar surface area (TPSA) is 151 Å². The Kier molecular flexibility index (Phi) is 10.0. The quantitative estimate of drug-likeness (QED) is 0.260. The van der Waals surface area contributed by atoms with Crippen LogP contribution in [0, 0.1) is 5.92 Å². The predicted molar refractivity (Wildman–Crippen MR) is 91.5 cm³/mol. The molecule has 0 aromatic rings. The van der Waals surface area contributed by atoms with Gasteiger partial charge in [-0.3, -0.25) is 19.2 Å². The first-order chi connectivity index (χ1) is 11.1. The van der Waals surface area contributed by atoms with Gasteiger partial charge in [0.25, 0.3) is 0 Å². The molecule has 3 unspecified atom stereocenters. The molecule has 0 aliphatic heterocycles. The van der Waals surface area contributed by atoms with Crippen molar-refractivity contribution in [2.75, 3.05) is 12.3 Å². The summed E-state index contributed by atoms with van der Waals surface area (Å²) in [7, 11) is 0. The van der Waals surface area contributed by atoms with E-state index in [-0.39, 0.29) is 11.7 Å². The summed E-state index contributed by atoms with van der Waals surface area (Å²) in [6, 6.07) is -2.63. The van der Waals surface area contributed by atoms with Crippen LogP contribution in [0.15, 0.2) is 0 Å². The highest BCUT2D eigenvalue weighted by atomic mass is 32.1. The summed E-state index contributed by atoms with van der Waals surface area (Å²) in [5.41, 5.74) is 5.48. The van der Waals surface area contributed by atoms with Crippen LogP contribution in [0.4, 0.5) is 0 Å². The SMILES string of the molecule is CC(C)CC(NC(=O)C(C)N)C(=O)NC(CS)C(=O)NCC(=O)O. The maximum Gasteiger partial charge on any atom is 0.322 e. The Morgan fingerprint density at radius 2 is 1.54 bits per heavy atom. The van der Waals surface area contributed by atoms with E-state index in [9.17, 15) is 19.2 Å². The standard InChI is InChI=1S/C14H26N4O5S/c1-7(2)4-9(17-12(21)8(3)15)14(23)18-10(6-24)13(22)16-5-11(19)20/h7-10,24H,4-6,15H2,1-3H3,(H,16,22)(H,17,21)(H,18,23)(H,19,20). The number of hydrogen-bond donors (Lipinski definition) is 6. The van der Waals surface area contributed by atoms with Crippen LogP contribution in [0.2, 0.25) is 0 Å². The maximum atomic E-state index is 12.4. The van der Waals surface area contributed by atoms with Gasteiger partial charge in [0, 0.05) is 5.75 Å². The van der Waals surface area contributed by atoms with Crippen LogP contribution in [0.5, 0.6) is 0 Å². The number of carboxylic acids is 1. The van der Waals surface area contributed by atoms with Crippen LogP contribution in [-0.4, -0.2) is 59.2 Å². The number of carbonyl (C=O) groups is 4. The van der Waals surface area contributed by atoms with Gasteiger partial charge in [-0.05, 0) is 19.3 Å². The average molecular weight is 362 g/mol. The van der Waals surface area contributed by atoms with Gasteiger partial charge in [-0.25, -0.2) is 0 Å². The smallest absolute Gasteiger partial charge is 0.322 e. The molecule has 10 heteroatoms. The van der Waals surface area contributed by atoms with Crippen molar-refractivity contribution in [3.63, 3.8) is 0 Å². The molecule has 0 bridgehead atoms. The third-order valence-electron chi connectivity index (χ3n) is 2.98. The van der Waals surface area contributed by atoms with Crippen LogP contribution in [0.25, 0.3) is 0 Å². The van der Waals surface area contributed by atoms with Crippen molar-refractivity contribution in [1.82, 2.24) is 16.0 Å². The van der Waals surface area contributed by atoms with Crippen molar-refractivity contribution < 1.29 is 24.3 Å². The molecule has 0 aromatic heterocycles. The minimum Gasteiger partial charge on any atom is -0.480 e. The van der Waals surface area contributed by atoms with Crippen molar-refractivity contribution in [2.45, 2.75) is 45.3 Å². The fourth-order valence-corrected chi connectivity index (χ4v) is 2.02. The first-order valence-electron chi connectivity index (χ1n) is 7.55. The summed E-state index contributed by atoms with van der Waals surface area (Å²) in [4.78, 5) is 46.4. The van der Waals surface area contributed by atoms with E-state index in [0.717, 1.165) is 0 Å². The Balaban J connectivity index is 4.89. The van der Waals surface area contributed by atoms with Crippen LogP contribution in [0.1, 0.15) is 27.2 Å². The predicted octanol–water partition coefficient (Wildman–Crippen LogP) is -1.52. The second-order valence-corrected chi connectivity index (χ2v) is 6.20. The molecule has 0 rings (SSSR count). The highest BCUT2D eigenvalue weighted by molar-refractivity contribution is 7.80. The zero-order valence-corrected chi connectivity index (χ0v) is 14.9. The molecule has 3 atom stereocenters. The van der Waals surface area contributed by atoms with E-state index in [1.807, 2.05) is 13.8 Å². The first kappa shape index (κ1) is 22.2. The number of carboxylic acid groups (broad SMARTS) is 1. The van der Waals surface area contributed by atoms with Crippen LogP contribution in [-0.2, 0) is 19.2 Å². The Morgan fingerprint density at radius 3 is 1.96 bits per heavy atom. The molecule has 0 fully saturated rings. The zero-order valence-electron chi connectivity index (χ0n) is 14.0. The molecule has 0 saturated heterocycles. The van der Waals surface area contributed by atoms with E-state index in [1.54, 1.807) is 0 Å². The van der Waals surface area contributed by atoms with Gasteiger partial charge in [0.15, 0.2) is 0 Å². The number of nitrogens with two attached hydrogens (primary N) is 1. The van der Waals surface area contributed by atoms with E-state index in [2.05, 4.69) is 28.6 Å². The lowest BCUT2D eigenvalue weighted by molar-refractivity contribution is -0.138. The number of nitrogens with one attached hydrogen (secondary N) is 3. The summed E-state index contributed by atoms with van der Waals surface area (Å²) in [6.07, 6.45) is 0.361. The van der Waals surface area contributed by atoms with E-state index < -0.39 is 48.4 Å².